The molecular weight excluding hydrogens is 402 g/mol. The van der Waals surface area contributed by atoms with Gasteiger partial charge in [-0.15, -0.1) is 0 Å². The fourth-order valence-electron chi connectivity index (χ4n) is 3.49. The molecule has 1 saturated heterocycles. The highest BCUT2D eigenvalue weighted by atomic mass is 19.1. The van der Waals surface area contributed by atoms with Crippen molar-refractivity contribution in [1.82, 2.24) is 5.32 Å². The van der Waals surface area contributed by atoms with Crippen LogP contribution in [-0.4, -0.2) is 39.4 Å². The molecule has 5 nitrogen and oxygen atoms in total. The second-order valence-electron chi connectivity index (χ2n) is 7.30. The van der Waals surface area contributed by atoms with Crippen molar-refractivity contribution in [1.29, 1.82) is 0 Å². The summed E-state index contributed by atoms with van der Waals surface area (Å²) in [7, 11) is 1.63. The Morgan fingerprint density at radius 2 is 2.00 bits per heavy atom. The van der Waals surface area contributed by atoms with Crippen LogP contribution in [0.25, 0.3) is 5.57 Å². The van der Waals surface area contributed by atoms with Crippen molar-refractivity contribution in [3.63, 3.8) is 0 Å². The van der Waals surface area contributed by atoms with Crippen LogP contribution < -0.4 is 10.1 Å². The first kappa shape index (κ1) is 23.1. The van der Waals surface area contributed by atoms with Gasteiger partial charge in [-0.2, -0.15) is 0 Å². The Bertz CT molecular complexity index is 925. The highest BCUT2D eigenvalue weighted by Crippen LogP contribution is 2.33. The van der Waals surface area contributed by atoms with Gasteiger partial charge in [-0.05, 0) is 49.9 Å². The first-order valence-corrected chi connectivity index (χ1v) is 10.2. The Kier molecular flexibility index (Phi) is 8.28. The maximum atomic E-state index is 13.8. The van der Waals surface area contributed by atoms with Gasteiger partial charge < -0.3 is 19.5 Å². The number of nitrogens with one attached hydrogen (secondary N) is 1. The normalized spacial score (nSPS) is 19.3. The van der Waals surface area contributed by atoms with Crippen LogP contribution in [0.5, 0.6) is 5.75 Å². The molecule has 31 heavy (non-hydrogen) atoms. The van der Waals surface area contributed by atoms with Gasteiger partial charge in [-0.1, -0.05) is 12.1 Å². The summed E-state index contributed by atoms with van der Waals surface area (Å²) in [5, 5.41) is 3.19. The number of methoxy groups -OCH3 is 1. The Hall–Kier alpha value is -2.61. The molecule has 0 bridgehead atoms. The molecule has 1 N–H and O–H groups in total. The Morgan fingerprint density at radius 3 is 2.65 bits per heavy atom. The quantitative estimate of drug-likeness (QED) is 0.568. The number of aliphatic imine (C=N–C) groups is 1. The van der Waals surface area contributed by atoms with E-state index in [0.29, 0.717) is 25.2 Å². The van der Waals surface area contributed by atoms with Crippen LogP contribution in [0, 0.1) is 11.6 Å². The zero-order chi connectivity index (χ0) is 22.2. The number of halogens is 2. The summed E-state index contributed by atoms with van der Waals surface area (Å²) in [6.07, 6.45) is 3.16. The SMILES string of the molecule is C=Nc1ccc(OC)cc1/C(=C\C)CC[C@H]1OC[C@H](NCc2ccc(F)cc2F)CO1. The van der Waals surface area contributed by atoms with Crippen molar-refractivity contribution in [2.45, 2.75) is 38.6 Å². The number of hydrogen-bond acceptors (Lipinski definition) is 5. The third-order valence-electron chi connectivity index (χ3n) is 5.28. The number of nitrogens with zero attached hydrogens (tertiary/aromatic N) is 1. The summed E-state index contributed by atoms with van der Waals surface area (Å²) in [5.74, 6) is -0.384. The molecule has 166 valence electrons. The minimum Gasteiger partial charge on any atom is -0.497 e. The van der Waals surface area contributed by atoms with Gasteiger partial charge >= 0.3 is 0 Å². The first-order chi connectivity index (χ1) is 15.0. The van der Waals surface area contributed by atoms with Crippen LogP contribution in [0.4, 0.5) is 14.5 Å². The number of benzene rings is 2. The summed E-state index contributed by atoms with van der Waals surface area (Å²) in [6.45, 7) is 6.83. The molecule has 2 aromatic carbocycles. The largest absolute Gasteiger partial charge is 0.497 e. The second kappa shape index (κ2) is 11.1. The smallest absolute Gasteiger partial charge is 0.158 e. The lowest BCUT2D eigenvalue weighted by Gasteiger charge is -2.30. The van der Waals surface area contributed by atoms with Crippen molar-refractivity contribution >= 4 is 18.0 Å². The zero-order valence-corrected chi connectivity index (χ0v) is 17.9. The van der Waals surface area contributed by atoms with Crippen LogP contribution in [-0.2, 0) is 16.0 Å². The lowest BCUT2D eigenvalue weighted by atomic mass is 9.98. The highest BCUT2D eigenvalue weighted by molar-refractivity contribution is 5.76. The first-order valence-electron chi connectivity index (χ1n) is 10.2. The van der Waals surface area contributed by atoms with E-state index in [4.69, 9.17) is 14.2 Å². The second-order valence-corrected chi connectivity index (χ2v) is 7.30. The molecule has 0 aliphatic carbocycles. The standard InChI is InChI=1S/C24H28F2N2O3/c1-4-16(21-12-20(29-3)8-9-23(21)27-2)6-10-24-30-14-19(15-31-24)28-13-17-5-7-18(25)11-22(17)26/h4-5,7-9,11-12,19,24,28H,2,6,10,13-15H2,1,3H3/b16-4-/t19-,24-. The Morgan fingerprint density at radius 1 is 1.23 bits per heavy atom. The molecule has 1 aliphatic rings. The Labute approximate surface area is 181 Å². The van der Waals surface area contributed by atoms with Gasteiger partial charge in [0.1, 0.15) is 17.4 Å². The highest BCUT2D eigenvalue weighted by Gasteiger charge is 2.23. The lowest BCUT2D eigenvalue weighted by molar-refractivity contribution is -0.191. The van der Waals surface area contributed by atoms with Gasteiger partial charge in [0, 0.05) is 30.2 Å². The Balaban J connectivity index is 1.49. The van der Waals surface area contributed by atoms with Gasteiger partial charge in [0.15, 0.2) is 6.29 Å². The molecule has 0 spiro atoms. The maximum absolute atomic E-state index is 13.8. The van der Waals surface area contributed by atoms with E-state index >= 15 is 0 Å². The fraction of sp³-hybridized carbons (Fsp3) is 0.375. The van der Waals surface area contributed by atoms with E-state index in [1.165, 1.54) is 12.1 Å². The van der Waals surface area contributed by atoms with Gasteiger partial charge in [0.25, 0.3) is 0 Å². The molecule has 1 fully saturated rings. The van der Waals surface area contributed by atoms with E-state index in [9.17, 15) is 8.78 Å². The van der Waals surface area contributed by atoms with Gasteiger partial charge in [-0.3, -0.25) is 4.99 Å². The molecule has 0 unspecified atom stereocenters. The summed E-state index contributed by atoms with van der Waals surface area (Å²) >= 11 is 0. The topological polar surface area (TPSA) is 52.1 Å². The molecule has 0 radical (unpaired) electrons. The van der Waals surface area contributed by atoms with Crippen molar-refractivity contribution in [3.05, 3.63) is 65.2 Å². The molecular formula is C24H28F2N2O3. The van der Waals surface area contributed by atoms with Crippen LogP contribution in [0.15, 0.2) is 47.5 Å². The van der Waals surface area contributed by atoms with E-state index in [2.05, 4.69) is 17.0 Å². The molecule has 0 aromatic heterocycles. The molecule has 2 aromatic rings. The third kappa shape index (κ3) is 6.19. The molecule has 1 aliphatic heterocycles. The van der Waals surface area contributed by atoms with Crippen molar-refractivity contribution < 1.29 is 23.0 Å². The summed E-state index contributed by atoms with van der Waals surface area (Å²) < 4.78 is 43.8. The molecule has 3 rings (SSSR count). The third-order valence-corrected chi connectivity index (χ3v) is 5.28. The average Bonchev–Trinajstić information content (AvgIpc) is 2.79. The average molecular weight is 430 g/mol. The number of ether oxygens (including phenoxy) is 3. The van der Waals surface area contributed by atoms with E-state index in [-0.39, 0.29) is 18.9 Å². The maximum Gasteiger partial charge on any atom is 0.158 e. The number of rotatable bonds is 9. The molecule has 1 heterocycles. The van der Waals surface area contributed by atoms with Crippen LogP contribution in [0.1, 0.15) is 30.9 Å². The van der Waals surface area contributed by atoms with Crippen LogP contribution in [0.3, 0.4) is 0 Å². The minimum absolute atomic E-state index is 0.0585. The summed E-state index contributed by atoms with van der Waals surface area (Å²) in [5.41, 5.74) is 3.30. The zero-order valence-electron chi connectivity index (χ0n) is 17.9. The lowest BCUT2D eigenvalue weighted by Crippen LogP contribution is -2.44. The van der Waals surface area contributed by atoms with Gasteiger partial charge in [-0.25, -0.2) is 8.78 Å². The van der Waals surface area contributed by atoms with Crippen molar-refractivity contribution in [3.8, 4) is 5.75 Å². The van der Waals surface area contributed by atoms with Gasteiger partial charge in [0.05, 0.1) is 32.1 Å². The number of hydrogen-bond donors (Lipinski definition) is 1. The van der Waals surface area contributed by atoms with E-state index in [1.807, 2.05) is 31.2 Å². The predicted octanol–water partition coefficient (Wildman–Crippen LogP) is 5.02. The van der Waals surface area contributed by atoms with Crippen LogP contribution >= 0.6 is 0 Å². The van der Waals surface area contributed by atoms with Gasteiger partial charge in [0.2, 0.25) is 0 Å². The monoisotopic (exact) mass is 430 g/mol. The van der Waals surface area contributed by atoms with Crippen LogP contribution in [0.2, 0.25) is 0 Å². The van der Waals surface area contributed by atoms with E-state index in [0.717, 1.165) is 35.1 Å². The van der Waals surface area contributed by atoms with E-state index < -0.39 is 11.6 Å². The molecule has 0 atom stereocenters. The predicted molar refractivity (Wildman–Crippen MR) is 118 cm³/mol. The van der Waals surface area contributed by atoms with Crippen molar-refractivity contribution in [2.75, 3.05) is 20.3 Å². The minimum atomic E-state index is -0.584. The molecule has 7 heteroatoms. The molecule has 0 amide bonds. The summed E-state index contributed by atoms with van der Waals surface area (Å²) in [6, 6.07) is 9.22. The number of allylic oxidation sites excluding steroid dienone is 2. The van der Waals surface area contributed by atoms with E-state index in [1.54, 1.807) is 7.11 Å². The summed E-state index contributed by atoms with van der Waals surface area (Å²) in [4.78, 5) is 4.11. The van der Waals surface area contributed by atoms with Crippen molar-refractivity contribution in [2.24, 2.45) is 4.99 Å². The fourth-order valence-corrected chi connectivity index (χ4v) is 3.49. The molecule has 0 saturated carbocycles.